The van der Waals surface area contributed by atoms with Gasteiger partial charge in [0.2, 0.25) is 0 Å². The van der Waals surface area contributed by atoms with Crippen LogP contribution < -0.4 is 0 Å². The molecule has 0 aromatic heterocycles. The van der Waals surface area contributed by atoms with Crippen LogP contribution in [0.15, 0.2) is 0 Å². The highest BCUT2D eigenvalue weighted by Crippen LogP contribution is 2.20. The molecule has 0 saturated carbocycles. The standard InChI is InChI=1S/C14H25NO2/c1-7-15(8-2)11-9-10-14(6,12(3)4)17-13(5)16/h12H,7-8,11H2,1-6H3/t14-/m0/s1. The maximum absolute atomic E-state index is 11.1. The molecule has 3 heteroatoms. The van der Waals surface area contributed by atoms with Crippen LogP contribution in [0.1, 0.15) is 41.5 Å². The number of carbonyl (C=O) groups excluding carboxylic acids is 1. The fraction of sp³-hybridized carbons (Fsp3) is 0.786. The van der Waals surface area contributed by atoms with E-state index in [9.17, 15) is 4.79 Å². The summed E-state index contributed by atoms with van der Waals surface area (Å²) in [5.74, 6) is 6.10. The van der Waals surface area contributed by atoms with Crippen LogP contribution >= 0.6 is 0 Å². The van der Waals surface area contributed by atoms with Gasteiger partial charge in [-0.25, -0.2) is 0 Å². The number of nitrogens with zero attached hydrogens (tertiary/aromatic N) is 1. The first-order valence-electron chi connectivity index (χ1n) is 6.27. The number of rotatable bonds is 5. The molecule has 0 aromatic carbocycles. The molecule has 3 nitrogen and oxygen atoms in total. The summed E-state index contributed by atoms with van der Waals surface area (Å²) in [6.45, 7) is 14.2. The quantitative estimate of drug-likeness (QED) is 0.544. The van der Waals surface area contributed by atoms with E-state index in [-0.39, 0.29) is 11.9 Å². The minimum absolute atomic E-state index is 0.176. The van der Waals surface area contributed by atoms with Crippen LogP contribution in [0.3, 0.4) is 0 Å². The summed E-state index contributed by atoms with van der Waals surface area (Å²) in [5, 5.41) is 0. The molecule has 0 amide bonds. The fourth-order valence-electron chi connectivity index (χ4n) is 1.36. The van der Waals surface area contributed by atoms with E-state index in [0.717, 1.165) is 19.6 Å². The van der Waals surface area contributed by atoms with Crippen molar-refractivity contribution in [2.45, 2.75) is 47.1 Å². The van der Waals surface area contributed by atoms with Crippen molar-refractivity contribution in [1.82, 2.24) is 4.90 Å². The second-order valence-electron chi connectivity index (χ2n) is 4.62. The SMILES string of the molecule is CCN(CC)CC#C[C@](C)(OC(C)=O)C(C)C. The van der Waals surface area contributed by atoms with E-state index in [2.05, 4.69) is 30.6 Å². The zero-order chi connectivity index (χ0) is 13.5. The van der Waals surface area contributed by atoms with Gasteiger partial charge in [0, 0.05) is 12.8 Å². The molecular formula is C14H25NO2. The summed E-state index contributed by atoms with van der Waals surface area (Å²) in [6.07, 6.45) is 0. The first-order valence-corrected chi connectivity index (χ1v) is 6.27. The van der Waals surface area contributed by atoms with Gasteiger partial charge in [-0.2, -0.15) is 0 Å². The highest BCUT2D eigenvalue weighted by molar-refractivity contribution is 5.67. The van der Waals surface area contributed by atoms with Gasteiger partial charge in [0.1, 0.15) is 0 Å². The molecule has 0 heterocycles. The van der Waals surface area contributed by atoms with Gasteiger partial charge in [-0.3, -0.25) is 9.69 Å². The van der Waals surface area contributed by atoms with E-state index in [1.807, 2.05) is 20.8 Å². The summed E-state index contributed by atoms with van der Waals surface area (Å²) >= 11 is 0. The van der Waals surface area contributed by atoms with Crippen molar-refractivity contribution in [2.24, 2.45) is 5.92 Å². The predicted molar refractivity (Wildman–Crippen MR) is 70.6 cm³/mol. The maximum Gasteiger partial charge on any atom is 0.304 e. The molecule has 98 valence electrons. The molecule has 0 aromatic rings. The summed E-state index contributed by atoms with van der Waals surface area (Å²) < 4.78 is 5.32. The normalized spacial score (nSPS) is 14.1. The molecule has 0 bridgehead atoms. The van der Waals surface area contributed by atoms with Gasteiger partial charge in [-0.15, -0.1) is 0 Å². The van der Waals surface area contributed by atoms with E-state index < -0.39 is 5.60 Å². The van der Waals surface area contributed by atoms with Gasteiger partial charge in [0.15, 0.2) is 5.60 Å². The Balaban J connectivity index is 4.65. The molecule has 0 rings (SSSR count). The smallest absolute Gasteiger partial charge is 0.304 e. The number of esters is 1. The second kappa shape index (κ2) is 7.34. The van der Waals surface area contributed by atoms with Crippen molar-refractivity contribution in [3.05, 3.63) is 0 Å². The number of hydrogen-bond donors (Lipinski definition) is 0. The van der Waals surface area contributed by atoms with E-state index in [1.54, 1.807) is 0 Å². The van der Waals surface area contributed by atoms with Gasteiger partial charge in [0.05, 0.1) is 6.54 Å². The van der Waals surface area contributed by atoms with Gasteiger partial charge in [-0.1, -0.05) is 39.5 Å². The van der Waals surface area contributed by atoms with Crippen LogP contribution in [0, 0.1) is 17.8 Å². The summed E-state index contributed by atoms with van der Waals surface area (Å²) in [5.41, 5.74) is -0.682. The monoisotopic (exact) mass is 239 g/mol. The lowest BCUT2D eigenvalue weighted by Gasteiger charge is -2.27. The van der Waals surface area contributed by atoms with Gasteiger partial charge < -0.3 is 4.74 Å². The average Bonchev–Trinajstić information content (AvgIpc) is 2.23. The molecule has 0 fully saturated rings. The summed E-state index contributed by atoms with van der Waals surface area (Å²) in [4.78, 5) is 13.3. The van der Waals surface area contributed by atoms with Crippen molar-refractivity contribution >= 4 is 5.97 Å². The topological polar surface area (TPSA) is 29.5 Å². The number of ether oxygens (including phenoxy) is 1. The highest BCUT2D eigenvalue weighted by atomic mass is 16.6. The van der Waals surface area contributed by atoms with Gasteiger partial charge in [0.25, 0.3) is 0 Å². The minimum atomic E-state index is -0.682. The average molecular weight is 239 g/mol. The number of hydrogen-bond acceptors (Lipinski definition) is 3. The molecule has 0 spiro atoms. The van der Waals surface area contributed by atoms with Crippen LogP contribution in [-0.2, 0) is 9.53 Å². The molecule has 0 saturated heterocycles. The lowest BCUT2D eigenvalue weighted by Crippen LogP contribution is -2.35. The first-order chi connectivity index (χ1) is 7.85. The van der Waals surface area contributed by atoms with Crippen LogP contribution in [0.25, 0.3) is 0 Å². The first kappa shape index (κ1) is 16.0. The number of carbonyl (C=O) groups is 1. The van der Waals surface area contributed by atoms with E-state index in [0.29, 0.717) is 0 Å². The third-order valence-electron chi connectivity index (χ3n) is 2.99. The van der Waals surface area contributed by atoms with Crippen molar-refractivity contribution in [3.63, 3.8) is 0 Å². The fourth-order valence-corrected chi connectivity index (χ4v) is 1.36. The summed E-state index contributed by atoms with van der Waals surface area (Å²) in [6, 6.07) is 0. The zero-order valence-corrected chi connectivity index (χ0v) is 12.0. The largest absolute Gasteiger partial charge is 0.446 e. The molecule has 0 radical (unpaired) electrons. The molecule has 0 N–H and O–H groups in total. The second-order valence-corrected chi connectivity index (χ2v) is 4.62. The molecule has 17 heavy (non-hydrogen) atoms. The van der Waals surface area contributed by atoms with Crippen LogP contribution in [0.2, 0.25) is 0 Å². The third-order valence-corrected chi connectivity index (χ3v) is 2.99. The van der Waals surface area contributed by atoms with Crippen molar-refractivity contribution in [3.8, 4) is 11.8 Å². The Morgan fingerprint density at radius 1 is 1.35 bits per heavy atom. The molecule has 1 atom stereocenters. The molecule has 0 aliphatic heterocycles. The summed E-state index contributed by atoms with van der Waals surface area (Å²) in [7, 11) is 0. The van der Waals surface area contributed by atoms with Crippen molar-refractivity contribution < 1.29 is 9.53 Å². The highest BCUT2D eigenvalue weighted by Gasteiger charge is 2.29. The Morgan fingerprint density at radius 2 is 1.88 bits per heavy atom. The Kier molecular flexibility index (Phi) is 6.91. The van der Waals surface area contributed by atoms with Crippen molar-refractivity contribution in [1.29, 1.82) is 0 Å². The molecule has 0 aliphatic rings. The Labute approximate surface area is 106 Å². The molecule has 0 aliphatic carbocycles. The molecule has 0 unspecified atom stereocenters. The van der Waals surface area contributed by atoms with E-state index in [1.165, 1.54) is 6.92 Å². The van der Waals surface area contributed by atoms with E-state index >= 15 is 0 Å². The third kappa shape index (κ3) is 5.74. The van der Waals surface area contributed by atoms with Crippen LogP contribution in [0.4, 0.5) is 0 Å². The minimum Gasteiger partial charge on any atom is -0.446 e. The lowest BCUT2D eigenvalue weighted by atomic mass is 9.93. The lowest BCUT2D eigenvalue weighted by molar-refractivity contribution is -0.153. The zero-order valence-electron chi connectivity index (χ0n) is 12.0. The Morgan fingerprint density at radius 3 is 2.24 bits per heavy atom. The van der Waals surface area contributed by atoms with Crippen LogP contribution in [-0.4, -0.2) is 36.1 Å². The Hall–Kier alpha value is -1.01. The van der Waals surface area contributed by atoms with Gasteiger partial charge in [-0.05, 0) is 20.0 Å². The molecular weight excluding hydrogens is 214 g/mol. The van der Waals surface area contributed by atoms with Crippen LogP contribution in [0.5, 0.6) is 0 Å². The van der Waals surface area contributed by atoms with E-state index in [4.69, 9.17) is 4.74 Å². The van der Waals surface area contributed by atoms with Crippen molar-refractivity contribution in [2.75, 3.05) is 19.6 Å². The predicted octanol–water partition coefficient (Wildman–Crippen LogP) is 2.31. The Bertz CT molecular complexity index is 297. The maximum atomic E-state index is 11.1. The van der Waals surface area contributed by atoms with Gasteiger partial charge >= 0.3 is 5.97 Å².